The maximum atomic E-state index is 12.7. The van der Waals surface area contributed by atoms with Crippen LogP contribution < -0.4 is 5.32 Å². The van der Waals surface area contributed by atoms with Crippen molar-refractivity contribution in [2.75, 3.05) is 6.54 Å². The van der Waals surface area contributed by atoms with Gasteiger partial charge in [-0.2, -0.15) is 0 Å². The van der Waals surface area contributed by atoms with Crippen LogP contribution in [0.2, 0.25) is 0 Å². The molecule has 1 heterocycles. The number of hydrogen-bond acceptors (Lipinski definition) is 3. The van der Waals surface area contributed by atoms with Crippen LogP contribution in [0.5, 0.6) is 0 Å². The molecule has 3 amide bonds. The maximum Gasteiger partial charge on any atom is 0.261 e. The van der Waals surface area contributed by atoms with Crippen molar-refractivity contribution in [3.05, 3.63) is 70.8 Å². The van der Waals surface area contributed by atoms with Crippen LogP contribution in [0.15, 0.2) is 48.5 Å². The van der Waals surface area contributed by atoms with Gasteiger partial charge < -0.3 is 5.32 Å². The maximum absolute atomic E-state index is 12.7. The van der Waals surface area contributed by atoms with Crippen LogP contribution in [0.4, 0.5) is 0 Å². The topological polar surface area (TPSA) is 66.5 Å². The van der Waals surface area contributed by atoms with Gasteiger partial charge in [0.25, 0.3) is 17.7 Å². The smallest absolute Gasteiger partial charge is 0.261 e. The number of amides is 3. The Hall–Kier alpha value is -2.95. The second-order valence-corrected chi connectivity index (χ2v) is 7.23. The second-order valence-electron chi connectivity index (χ2n) is 7.23. The van der Waals surface area contributed by atoms with E-state index in [1.807, 2.05) is 30.3 Å². The number of rotatable bonds is 7. The van der Waals surface area contributed by atoms with Gasteiger partial charge in [0.2, 0.25) is 0 Å². The summed E-state index contributed by atoms with van der Waals surface area (Å²) in [5.74, 6) is -0.291. The van der Waals surface area contributed by atoms with E-state index < -0.39 is 0 Å². The minimum atomic E-state index is -0.353. The van der Waals surface area contributed by atoms with E-state index in [0.29, 0.717) is 29.2 Å². The molecule has 0 unspecified atom stereocenters. The first-order valence-electron chi connectivity index (χ1n) is 9.29. The fourth-order valence-corrected chi connectivity index (χ4v) is 3.16. The number of nitrogens with one attached hydrogen (secondary N) is 1. The van der Waals surface area contributed by atoms with Crippen LogP contribution in [0.3, 0.4) is 0 Å². The summed E-state index contributed by atoms with van der Waals surface area (Å²) in [6, 6.07) is 14.1. The Bertz CT molecular complexity index is 859. The number of fused-ring (bicyclic) bond motifs is 1. The molecule has 0 saturated carbocycles. The Balaban J connectivity index is 1.70. The van der Waals surface area contributed by atoms with Crippen molar-refractivity contribution < 1.29 is 14.4 Å². The molecule has 0 saturated heterocycles. The van der Waals surface area contributed by atoms with Crippen molar-refractivity contribution in [3.63, 3.8) is 0 Å². The first-order chi connectivity index (χ1) is 13.0. The fourth-order valence-electron chi connectivity index (χ4n) is 3.16. The number of carbonyl (C=O) groups excluding carboxylic acids is 3. The zero-order valence-electron chi connectivity index (χ0n) is 15.7. The van der Waals surface area contributed by atoms with Gasteiger partial charge in [0.15, 0.2) is 0 Å². The fraction of sp³-hybridized carbons (Fsp3) is 0.318. The molecule has 0 atom stereocenters. The van der Waals surface area contributed by atoms with E-state index >= 15 is 0 Å². The van der Waals surface area contributed by atoms with E-state index in [1.165, 1.54) is 11.0 Å². The lowest BCUT2D eigenvalue weighted by molar-refractivity contribution is 0.0642. The van der Waals surface area contributed by atoms with Gasteiger partial charge >= 0.3 is 0 Å². The molecular weight excluding hydrogens is 340 g/mol. The highest BCUT2D eigenvalue weighted by Gasteiger charge is 2.35. The van der Waals surface area contributed by atoms with E-state index in [4.69, 9.17) is 0 Å². The van der Waals surface area contributed by atoms with Gasteiger partial charge in [0.1, 0.15) is 0 Å². The van der Waals surface area contributed by atoms with Crippen LogP contribution >= 0.6 is 0 Å². The van der Waals surface area contributed by atoms with E-state index in [9.17, 15) is 14.4 Å². The highest BCUT2D eigenvalue weighted by molar-refractivity contribution is 6.22. The van der Waals surface area contributed by atoms with E-state index in [1.54, 1.807) is 12.1 Å². The van der Waals surface area contributed by atoms with Gasteiger partial charge in [-0.05, 0) is 42.5 Å². The monoisotopic (exact) mass is 364 g/mol. The Morgan fingerprint density at radius 2 is 1.70 bits per heavy atom. The summed E-state index contributed by atoms with van der Waals surface area (Å²) >= 11 is 0. The predicted octanol–water partition coefficient (Wildman–Crippen LogP) is 3.65. The number of benzene rings is 2. The Morgan fingerprint density at radius 3 is 2.41 bits per heavy atom. The zero-order chi connectivity index (χ0) is 19.4. The Labute approximate surface area is 159 Å². The molecular formula is C22H24N2O3. The second kappa shape index (κ2) is 8.16. The number of carbonyl (C=O) groups is 3. The summed E-state index contributed by atoms with van der Waals surface area (Å²) in [5.41, 5.74) is 1.94. The molecule has 0 radical (unpaired) electrons. The average Bonchev–Trinajstić information content (AvgIpc) is 2.90. The molecule has 5 heteroatoms. The average molecular weight is 364 g/mol. The van der Waals surface area contributed by atoms with Crippen molar-refractivity contribution in [2.45, 2.75) is 33.2 Å². The van der Waals surface area contributed by atoms with E-state index in [-0.39, 0.29) is 24.3 Å². The van der Waals surface area contributed by atoms with E-state index in [2.05, 4.69) is 19.2 Å². The van der Waals surface area contributed by atoms with Gasteiger partial charge in [-0.25, -0.2) is 0 Å². The molecule has 27 heavy (non-hydrogen) atoms. The highest BCUT2D eigenvalue weighted by Crippen LogP contribution is 2.25. The lowest BCUT2D eigenvalue weighted by Crippen LogP contribution is -2.29. The number of imide groups is 1. The zero-order valence-corrected chi connectivity index (χ0v) is 15.7. The van der Waals surface area contributed by atoms with Gasteiger partial charge in [-0.15, -0.1) is 0 Å². The molecule has 140 valence electrons. The van der Waals surface area contributed by atoms with Crippen molar-refractivity contribution in [3.8, 4) is 0 Å². The summed E-state index contributed by atoms with van der Waals surface area (Å²) < 4.78 is 0. The standard InChI is InChI=1S/C22H24N2O3/c1-15(2)7-6-12-23-20(25)17-10-11-18-19(13-17)22(27)24(21(18)26)14-16-8-4-3-5-9-16/h3-5,8-11,13,15H,6-7,12,14H2,1-2H3,(H,23,25). The molecule has 0 bridgehead atoms. The quantitative estimate of drug-likeness (QED) is 0.602. The normalized spacial score (nSPS) is 13.2. The Kier molecular flexibility index (Phi) is 5.69. The summed E-state index contributed by atoms with van der Waals surface area (Å²) in [7, 11) is 0. The third kappa shape index (κ3) is 4.25. The van der Waals surface area contributed by atoms with Crippen molar-refractivity contribution in [1.82, 2.24) is 10.2 Å². The largest absolute Gasteiger partial charge is 0.352 e. The molecule has 1 N–H and O–H groups in total. The summed E-state index contributed by atoms with van der Waals surface area (Å²) in [5, 5.41) is 2.87. The third-order valence-corrected chi connectivity index (χ3v) is 4.66. The van der Waals surface area contributed by atoms with Crippen LogP contribution in [0.25, 0.3) is 0 Å². The van der Waals surface area contributed by atoms with E-state index in [0.717, 1.165) is 18.4 Å². The van der Waals surface area contributed by atoms with Gasteiger partial charge in [0, 0.05) is 12.1 Å². The molecule has 1 aliphatic heterocycles. The van der Waals surface area contributed by atoms with Crippen molar-refractivity contribution in [2.24, 2.45) is 5.92 Å². The highest BCUT2D eigenvalue weighted by atomic mass is 16.2. The molecule has 3 rings (SSSR count). The van der Waals surface area contributed by atoms with Crippen LogP contribution in [-0.2, 0) is 6.54 Å². The van der Waals surface area contributed by atoms with Crippen molar-refractivity contribution >= 4 is 17.7 Å². The molecule has 0 aromatic heterocycles. The third-order valence-electron chi connectivity index (χ3n) is 4.66. The van der Waals surface area contributed by atoms with Crippen LogP contribution in [0.1, 0.15) is 63.3 Å². The predicted molar refractivity (Wildman–Crippen MR) is 103 cm³/mol. The first kappa shape index (κ1) is 18.8. The lowest BCUT2D eigenvalue weighted by atomic mass is 10.0. The number of nitrogens with zero attached hydrogens (tertiary/aromatic N) is 1. The summed E-state index contributed by atoms with van der Waals surface area (Å²) in [4.78, 5) is 38.8. The SMILES string of the molecule is CC(C)CCCNC(=O)c1ccc2c(c1)C(=O)N(Cc1ccccc1)C2=O. The summed E-state index contributed by atoms with van der Waals surface area (Å²) in [6.45, 7) is 5.11. The lowest BCUT2D eigenvalue weighted by Gasteiger charge is -2.13. The minimum Gasteiger partial charge on any atom is -0.352 e. The molecule has 0 fully saturated rings. The van der Waals surface area contributed by atoms with Gasteiger partial charge in [0.05, 0.1) is 17.7 Å². The van der Waals surface area contributed by atoms with Gasteiger partial charge in [-0.1, -0.05) is 44.2 Å². The van der Waals surface area contributed by atoms with Gasteiger partial charge in [-0.3, -0.25) is 19.3 Å². The number of hydrogen-bond donors (Lipinski definition) is 1. The molecule has 5 nitrogen and oxygen atoms in total. The molecule has 2 aromatic rings. The van der Waals surface area contributed by atoms with Crippen LogP contribution in [0, 0.1) is 5.92 Å². The molecule has 0 aliphatic carbocycles. The molecule has 0 spiro atoms. The minimum absolute atomic E-state index is 0.219. The first-order valence-corrected chi connectivity index (χ1v) is 9.29. The van der Waals surface area contributed by atoms with Crippen LogP contribution in [-0.4, -0.2) is 29.2 Å². The summed E-state index contributed by atoms with van der Waals surface area (Å²) in [6.07, 6.45) is 1.96. The molecule has 1 aliphatic rings. The molecule has 2 aromatic carbocycles. The van der Waals surface area contributed by atoms with Crippen molar-refractivity contribution in [1.29, 1.82) is 0 Å². The Morgan fingerprint density at radius 1 is 1.00 bits per heavy atom.